The zero-order valence-electron chi connectivity index (χ0n) is 11.4. The van der Waals surface area contributed by atoms with Gasteiger partial charge in [-0.15, -0.1) is 0 Å². The van der Waals surface area contributed by atoms with E-state index in [2.05, 4.69) is 34.1 Å². The first-order valence-electron chi connectivity index (χ1n) is 5.92. The fourth-order valence-corrected chi connectivity index (χ4v) is 2.21. The fraction of sp³-hybridized carbons (Fsp3) is 0.500. The van der Waals surface area contributed by atoms with Crippen molar-refractivity contribution < 1.29 is 23.0 Å². The summed E-state index contributed by atoms with van der Waals surface area (Å²) in [6.45, 7) is 2.34. The zero-order valence-corrected chi connectivity index (χ0v) is 11.4. The van der Waals surface area contributed by atoms with Crippen molar-refractivity contribution in [1.82, 2.24) is 4.90 Å². The Labute approximate surface area is 119 Å². The van der Waals surface area contributed by atoms with Crippen LogP contribution in [-0.4, -0.2) is 25.0 Å². The Balaban J connectivity index is 0. The maximum Gasteiger partial charge on any atom is 0.0375 e. The maximum atomic E-state index is 8.32. The summed E-state index contributed by atoms with van der Waals surface area (Å²) >= 11 is 0. The zero-order chi connectivity index (χ0) is 15.4. The predicted molar refractivity (Wildman–Crippen MR) is 71.7 cm³/mol. The number of piperidine rings is 1. The van der Waals surface area contributed by atoms with Crippen molar-refractivity contribution in [2.45, 2.75) is 18.8 Å². The van der Waals surface area contributed by atoms with Crippen LogP contribution in [0.1, 0.15) is 24.3 Å². The summed E-state index contributed by atoms with van der Waals surface area (Å²) in [4.78, 5) is 5.14. The van der Waals surface area contributed by atoms with Crippen LogP contribution in [0, 0.1) is 0 Å². The molecule has 0 aliphatic carbocycles. The highest BCUT2D eigenvalue weighted by Crippen LogP contribution is 2.28. The lowest BCUT2D eigenvalue weighted by Gasteiger charge is -2.29. The number of likely N-dealkylation sites (tertiary alicyclic amines) is 1. The van der Waals surface area contributed by atoms with E-state index in [4.69, 9.17) is 23.8 Å². The molecule has 0 saturated carbocycles. The van der Waals surface area contributed by atoms with Gasteiger partial charge in [-0.25, -0.2) is 0 Å². The van der Waals surface area contributed by atoms with E-state index in [1.54, 1.807) is 0 Å². The maximum absolute atomic E-state index is 8.32. The van der Waals surface area contributed by atoms with Crippen molar-refractivity contribution >= 4 is 5.69 Å². The molecule has 4 nitrogen and oxygen atoms in total. The van der Waals surface area contributed by atoms with E-state index in [1.165, 1.54) is 31.5 Å². The van der Waals surface area contributed by atoms with Gasteiger partial charge in [0.2, 0.25) is 0 Å². The molecule has 21 heavy (non-hydrogen) atoms. The SMILES string of the molecule is CN1CCC(c2ccc(N=[N+]=[N-])cc2)CC1.F.FF.FF. The molecule has 0 unspecified atom stereocenters. The van der Waals surface area contributed by atoms with Crippen LogP contribution in [0.2, 0.25) is 0 Å². The van der Waals surface area contributed by atoms with Gasteiger partial charge in [0.1, 0.15) is 0 Å². The lowest BCUT2D eigenvalue weighted by atomic mass is 9.89. The van der Waals surface area contributed by atoms with Crippen LogP contribution in [0.5, 0.6) is 0 Å². The number of halogens is 5. The van der Waals surface area contributed by atoms with Crippen LogP contribution in [-0.2, 0) is 0 Å². The third-order valence-corrected chi connectivity index (χ3v) is 3.24. The first-order chi connectivity index (χ1) is 9.79. The molecule has 1 aliphatic rings. The molecule has 0 radical (unpaired) electrons. The van der Waals surface area contributed by atoms with E-state index in [1.807, 2.05) is 12.1 Å². The summed E-state index contributed by atoms with van der Waals surface area (Å²) in [6, 6.07) is 7.96. The minimum Gasteiger partial charge on any atom is -0.306 e. The highest BCUT2D eigenvalue weighted by atomic mass is 20.0. The summed E-state index contributed by atoms with van der Waals surface area (Å²) in [5.41, 5.74) is 10.4. The largest absolute Gasteiger partial charge is 0.306 e. The van der Waals surface area contributed by atoms with E-state index in [9.17, 15) is 0 Å². The van der Waals surface area contributed by atoms with Crippen LogP contribution in [0.3, 0.4) is 0 Å². The normalized spacial score (nSPS) is 14.3. The summed E-state index contributed by atoms with van der Waals surface area (Å²) in [5.74, 6) is 0.663. The molecule has 1 saturated heterocycles. The Morgan fingerprint density at radius 2 is 1.57 bits per heavy atom. The van der Waals surface area contributed by atoms with E-state index in [0.717, 1.165) is 0 Å². The second-order valence-corrected chi connectivity index (χ2v) is 4.36. The molecule has 120 valence electrons. The Hall–Kier alpha value is -1.86. The minimum absolute atomic E-state index is 0. The second-order valence-electron chi connectivity index (χ2n) is 4.36. The molecular formula is C12H17F5N4. The van der Waals surface area contributed by atoms with E-state index < -0.39 is 0 Å². The van der Waals surface area contributed by atoms with Gasteiger partial charge < -0.3 is 4.90 Å². The van der Waals surface area contributed by atoms with Gasteiger partial charge in [0.25, 0.3) is 0 Å². The number of benzene rings is 1. The monoisotopic (exact) mass is 312 g/mol. The number of nitrogens with zero attached hydrogens (tertiary/aromatic N) is 4. The molecule has 9 heteroatoms. The lowest BCUT2D eigenvalue weighted by molar-refractivity contribution is 0.108. The van der Waals surface area contributed by atoms with Gasteiger partial charge in [0.05, 0.1) is 0 Å². The summed E-state index contributed by atoms with van der Waals surface area (Å²) in [7, 11) is 2.17. The summed E-state index contributed by atoms with van der Waals surface area (Å²) in [6.07, 6.45) is 2.44. The van der Waals surface area contributed by atoms with Crippen molar-refractivity contribution in [3.05, 3.63) is 40.3 Å². The van der Waals surface area contributed by atoms with Crippen molar-refractivity contribution in [2.24, 2.45) is 5.11 Å². The lowest BCUT2D eigenvalue weighted by Crippen LogP contribution is -2.29. The Morgan fingerprint density at radius 1 is 1.10 bits per heavy atom. The molecule has 0 N–H and O–H groups in total. The Bertz CT molecular complexity index is 401. The average Bonchev–Trinajstić information content (AvgIpc) is 2.53. The molecule has 1 aliphatic heterocycles. The molecule has 1 fully saturated rings. The first kappa shape index (κ1) is 21.4. The van der Waals surface area contributed by atoms with Gasteiger partial charge in [-0.3, -0.25) is 4.70 Å². The highest BCUT2D eigenvalue weighted by Gasteiger charge is 2.17. The molecule has 1 aromatic carbocycles. The smallest absolute Gasteiger partial charge is 0.0375 e. The second kappa shape index (κ2) is 13.1. The number of rotatable bonds is 2. The average molecular weight is 312 g/mol. The van der Waals surface area contributed by atoms with Gasteiger partial charge in [0.15, 0.2) is 0 Å². The van der Waals surface area contributed by atoms with Gasteiger partial charge in [-0.1, -0.05) is 29.4 Å². The van der Waals surface area contributed by atoms with E-state index >= 15 is 0 Å². The highest BCUT2D eigenvalue weighted by molar-refractivity contribution is 5.39. The summed E-state index contributed by atoms with van der Waals surface area (Å²) < 4.78 is 32.0. The van der Waals surface area contributed by atoms with Gasteiger partial charge in [-0.05, 0) is 50.0 Å². The summed E-state index contributed by atoms with van der Waals surface area (Å²) in [5, 5.41) is 3.58. The molecule has 0 spiro atoms. The Kier molecular flexibility index (Phi) is 13.4. The van der Waals surface area contributed by atoms with Gasteiger partial charge in [-0.2, -0.15) is 0 Å². The first-order valence-corrected chi connectivity index (χ1v) is 5.92. The van der Waals surface area contributed by atoms with Crippen molar-refractivity contribution in [1.29, 1.82) is 0 Å². The molecule has 1 aromatic rings. The van der Waals surface area contributed by atoms with E-state index in [-0.39, 0.29) is 4.70 Å². The van der Waals surface area contributed by atoms with Gasteiger partial charge in [0, 0.05) is 28.9 Å². The van der Waals surface area contributed by atoms with E-state index in [0.29, 0.717) is 11.6 Å². The van der Waals surface area contributed by atoms with Crippen LogP contribution in [0.25, 0.3) is 10.4 Å². The number of azide groups is 1. The number of hydrogen-bond acceptors (Lipinski definition) is 2. The van der Waals surface area contributed by atoms with Crippen LogP contribution < -0.4 is 0 Å². The predicted octanol–water partition coefficient (Wildman–Crippen LogP) is 5.27. The van der Waals surface area contributed by atoms with Gasteiger partial charge >= 0.3 is 0 Å². The Morgan fingerprint density at radius 3 is 2.00 bits per heavy atom. The third-order valence-electron chi connectivity index (χ3n) is 3.24. The molecule has 1 heterocycles. The molecular weight excluding hydrogens is 295 g/mol. The topological polar surface area (TPSA) is 52.0 Å². The van der Waals surface area contributed by atoms with Crippen LogP contribution in [0.4, 0.5) is 28.7 Å². The molecule has 0 atom stereocenters. The fourth-order valence-electron chi connectivity index (χ4n) is 2.21. The minimum atomic E-state index is 0. The molecule has 0 bridgehead atoms. The molecule has 2 rings (SSSR count). The van der Waals surface area contributed by atoms with Crippen molar-refractivity contribution in [2.75, 3.05) is 20.1 Å². The number of hydrogen-bond donors (Lipinski definition) is 0. The standard InChI is InChI=1S/C12H16N4.2F2.FH/c1-16-8-6-11(7-9-16)10-2-4-12(5-3-10)14-15-13;2*1-2;/h2-5,11H,6-9H2,1H3;;;1H. The van der Waals surface area contributed by atoms with Crippen LogP contribution >= 0.6 is 0 Å². The molecule has 0 amide bonds. The van der Waals surface area contributed by atoms with Crippen molar-refractivity contribution in [3.63, 3.8) is 0 Å². The third kappa shape index (κ3) is 7.48. The van der Waals surface area contributed by atoms with Crippen LogP contribution in [0.15, 0.2) is 29.4 Å². The molecule has 0 aromatic heterocycles. The quantitative estimate of drug-likeness (QED) is 0.317. The van der Waals surface area contributed by atoms with Crippen molar-refractivity contribution in [3.8, 4) is 0 Å².